The van der Waals surface area contributed by atoms with Gasteiger partial charge in [0.1, 0.15) is 0 Å². The van der Waals surface area contributed by atoms with Crippen molar-refractivity contribution in [3.8, 4) is 78.7 Å². The molecule has 0 atom stereocenters. The number of hydrogen-bond donors (Lipinski definition) is 0. The highest BCUT2D eigenvalue weighted by Crippen LogP contribution is 2.56. The molecule has 0 amide bonds. The van der Waals surface area contributed by atoms with Crippen LogP contribution >= 0.6 is 0 Å². The first kappa shape index (κ1) is 32.2. The van der Waals surface area contributed by atoms with Crippen molar-refractivity contribution in [2.24, 2.45) is 0 Å². The molecule has 10 rings (SSSR count). The Hall–Kier alpha value is -6.45. The Labute approximate surface area is 317 Å². The van der Waals surface area contributed by atoms with E-state index in [2.05, 4.69) is 115 Å². The molecule has 0 N–H and O–H groups in total. The molecule has 1 spiro atoms. The van der Waals surface area contributed by atoms with E-state index < -0.39 is 0 Å². The third-order valence-electron chi connectivity index (χ3n) is 11.5. The first-order valence-corrected chi connectivity index (χ1v) is 19.1. The molecule has 8 aromatic rings. The fourth-order valence-corrected chi connectivity index (χ4v) is 8.84. The number of rotatable bonds is 6. The molecule has 2 aliphatic carbocycles. The average molecular weight is 694 g/mol. The van der Waals surface area contributed by atoms with Crippen molar-refractivity contribution >= 4 is 0 Å². The molecule has 1 heterocycles. The predicted molar refractivity (Wildman–Crippen MR) is 222 cm³/mol. The van der Waals surface area contributed by atoms with Gasteiger partial charge >= 0.3 is 0 Å². The van der Waals surface area contributed by atoms with Crippen LogP contribution in [-0.2, 0) is 5.41 Å². The van der Waals surface area contributed by atoms with Gasteiger partial charge in [-0.1, -0.05) is 177 Å². The monoisotopic (exact) mass is 693 g/mol. The molecular weight excluding hydrogens is 655 g/mol. The van der Waals surface area contributed by atoms with Crippen molar-refractivity contribution in [2.45, 2.75) is 37.5 Å². The maximum Gasteiger partial charge on any atom is 0.164 e. The lowest BCUT2D eigenvalue weighted by Gasteiger charge is -2.36. The lowest BCUT2D eigenvalue weighted by atomic mass is 9.68. The van der Waals surface area contributed by atoms with Gasteiger partial charge in [0.25, 0.3) is 0 Å². The fourth-order valence-electron chi connectivity index (χ4n) is 8.84. The van der Waals surface area contributed by atoms with Crippen molar-refractivity contribution in [1.82, 2.24) is 15.0 Å². The van der Waals surface area contributed by atoms with E-state index >= 15 is 0 Å². The minimum absolute atomic E-state index is 0.185. The van der Waals surface area contributed by atoms with Gasteiger partial charge in [-0.25, -0.2) is 15.0 Å². The lowest BCUT2D eigenvalue weighted by Crippen LogP contribution is -2.27. The Kier molecular flexibility index (Phi) is 8.06. The zero-order chi connectivity index (χ0) is 35.9. The maximum atomic E-state index is 4.92. The highest BCUT2D eigenvalue weighted by atomic mass is 15.0. The van der Waals surface area contributed by atoms with Crippen LogP contribution in [0.15, 0.2) is 176 Å². The third kappa shape index (κ3) is 5.74. The van der Waals surface area contributed by atoms with E-state index in [1.165, 1.54) is 82.2 Å². The molecule has 2 aliphatic rings. The smallest absolute Gasteiger partial charge is 0.164 e. The first-order valence-electron chi connectivity index (χ1n) is 19.1. The Morgan fingerprint density at radius 1 is 0.296 bits per heavy atom. The van der Waals surface area contributed by atoms with Crippen molar-refractivity contribution in [3.63, 3.8) is 0 Å². The average Bonchev–Trinajstić information content (AvgIpc) is 3.52. The van der Waals surface area contributed by atoms with E-state index in [4.69, 9.17) is 15.0 Å². The van der Waals surface area contributed by atoms with Crippen LogP contribution in [0.25, 0.3) is 78.7 Å². The molecule has 1 saturated carbocycles. The van der Waals surface area contributed by atoms with Crippen LogP contribution in [0.1, 0.15) is 43.2 Å². The second-order valence-corrected chi connectivity index (χ2v) is 14.7. The summed E-state index contributed by atoms with van der Waals surface area (Å²) >= 11 is 0. The molecule has 0 bridgehead atoms. The van der Waals surface area contributed by atoms with E-state index in [9.17, 15) is 0 Å². The number of aromatic nitrogens is 3. The van der Waals surface area contributed by atoms with Crippen molar-refractivity contribution in [1.29, 1.82) is 0 Å². The normalized spacial score (nSPS) is 14.1. The van der Waals surface area contributed by atoms with E-state index in [1.807, 2.05) is 60.7 Å². The summed E-state index contributed by atoms with van der Waals surface area (Å²) in [6.07, 6.45) is 6.49. The molecule has 1 aromatic heterocycles. The molecule has 54 heavy (non-hydrogen) atoms. The standard InChI is InChI=1S/C51H39N3/c1-4-14-36(15-5-1)48-52-49(37-16-6-2-7-17-37)54-50(53-48)38-26-24-35(25-27-38)39-18-12-19-40(32-39)41-20-13-21-42(33-41)43-28-29-47-45(34-43)44-22-8-9-23-46(44)51(47)30-10-3-11-31-51/h1-2,4-9,12-29,32-34H,3,10-11,30-31H2. The molecule has 0 saturated heterocycles. The number of fused-ring (bicyclic) bond motifs is 5. The molecule has 1 fully saturated rings. The molecule has 3 heteroatoms. The molecule has 0 unspecified atom stereocenters. The quantitative estimate of drug-likeness (QED) is 0.174. The van der Waals surface area contributed by atoms with Gasteiger partial charge in [0.2, 0.25) is 0 Å². The van der Waals surface area contributed by atoms with E-state index in [0.29, 0.717) is 17.5 Å². The van der Waals surface area contributed by atoms with Gasteiger partial charge < -0.3 is 0 Å². The summed E-state index contributed by atoms with van der Waals surface area (Å²) in [4.78, 5) is 14.7. The van der Waals surface area contributed by atoms with Crippen LogP contribution in [0.5, 0.6) is 0 Å². The third-order valence-corrected chi connectivity index (χ3v) is 11.5. The highest BCUT2D eigenvalue weighted by Gasteiger charge is 2.43. The first-order chi connectivity index (χ1) is 26.7. The highest BCUT2D eigenvalue weighted by molar-refractivity contribution is 5.86. The summed E-state index contributed by atoms with van der Waals surface area (Å²) in [6, 6.07) is 63.0. The van der Waals surface area contributed by atoms with Gasteiger partial charge in [-0.05, 0) is 86.7 Å². The number of hydrogen-bond acceptors (Lipinski definition) is 3. The van der Waals surface area contributed by atoms with Gasteiger partial charge in [0.15, 0.2) is 17.5 Å². The van der Waals surface area contributed by atoms with Gasteiger partial charge in [-0.2, -0.15) is 0 Å². The second-order valence-electron chi connectivity index (χ2n) is 14.7. The summed E-state index contributed by atoms with van der Waals surface area (Å²) in [5.41, 5.74) is 16.2. The molecule has 0 aliphatic heterocycles. The van der Waals surface area contributed by atoms with Gasteiger partial charge in [0.05, 0.1) is 0 Å². The van der Waals surface area contributed by atoms with Crippen molar-refractivity contribution < 1.29 is 0 Å². The van der Waals surface area contributed by atoms with Gasteiger partial charge in [-0.3, -0.25) is 0 Å². The summed E-state index contributed by atoms with van der Waals surface area (Å²) in [6.45, 7) is 0. The Morgan fingerprint density at radius 3 is 1.28 bits per heavy atom. The molecule has 7 aromatic carbocycles. The second kappa shape index (κ2) is 13.5. The molecule has 0 radical (unpaired) electrons. The lowest BCUT2D eigenvalue weighted by molar-refractivity contribution is 0.353. The van der Waals surface area contributed by atoms with Crippen LogP contribution < -0.4 is 0 Å². The Morgan fingerprint density at radius 2 is 0.704 bits per heavy atom. The van der Waals surface area contributed by atoms with Crippen LogP contribution in [-0.4, -0.2) is 15.0 Å². The number of benzene rings is 7. The van der Waals surface area contributed by atoms with Crippen LogP contribution in [0.4, 0.5) is 0 Å². The van der Waals surface area contributed by atoms with Crippen LogP contribution in [0, 0.1) is 0 Å². The molecular formula is C51H39N3. The van der Waals surface area contributed by atoms with Crippen molar-refractivity contribution in [2.75, 3.05) is 0 Å². The zero-order valence-corrected chi connectivity index (χ0v) is 30.1. The van der Waals surface area contributed by atoms with E-state index in [-0.39, 0.29) is 5.41 Å². The van der Waals surface area contributed by atoms with Gasteiger partial charge in [0, 0.05) is 22.1 Å². The summed E-state index contributed by atoms with van der Waals surface area (Å²) < 4.78 is 0. The zero-order valence-electron chi connectivity index (χ0n) is 30.1. The molecule has 3 nitrogen and oxygen atoms in total. The summed E-state index contributed by atoms with van der Waals surface area (Å²) in [5.74, 6) is 1.98. The van der Waals surface area contributed by atoms with Crippen molar-refractivity contribution in [3.05, 3.63) is 187 Å². The minimum Gasteiger partial charge on any atom is -0.208 e. The van der Waals surface area contributed by atoms with Crippen LogP contribution in [0.3, 0.4) is 0 Å². The SMILES string of the molecule is c1ccc(-c2nc(-c3ccccc3)nc(-c3ccc(-c4cccc(-c5cccc(-c6ccc7c(c6)-c6ccccc6C76CCCCC6)c5)c4)cc3)n2)cc1. The molecule has 258 valence electrons. The summed E-state index contributed by atoms with van der Waals surface area (Å²) in [7, 11) is 0. The van der Waals surface area contributed by atoms with E-state index in [0.717, 1.165) is 22.3 Å². The Bertz CT molecular complexity index is 2560. The predicted octanol–water partition coefficient (Wildman–Crippen LogP) is 13.1. The van der Waals surface area contributed by atoms with Crippen LogP contribution in [0.2, 0.25) is 0 Å². The fraction of sp³-hybridized carbons (Fsp3) is 0.118. The topological polar surface area (TPSA) is 38.7 Å². The van der Waals surface area contributed by atoms with Gasteiger partial charge in [-0.15, -0.1) is 0 Å². The largest absolute Gasteiger partial charge is 0.208 e. The van der Waals surface area contributed by atoms with E-state index in [1.54, 1.807) is 0 Å². The summed E-state index contributed by atoms with van der Waals surface area (Å²) in [5, 5.41) is 0. The minimum atomic E-state index is 0.185. The maximum absolute atomic E-state index is 4.92. The number of nitrogens with zero attached hydrogens (tertiary/aromatic N) is 3. The Balaban J connectivity index is 0.956.